The first-order chi connectivity index (χ1) is 25.0. The van der Waals surface area contributed by atoms with Crippen LogP contribution in [0, 0.1) is 0 Å². The summed E-state index contributed by atoms with van der Waals surface area (Å²) in [6.45, 7) is 2.22. The summed E-state index contributed by atoms with van der Waals surface area (Å²) < 4.78 is 7.76. The van der Waals surface area contributed by atoms with Crippen molar-refractivity contribution in [2.24, 2.45) is 0 Å². The number of tetrazole rings is 1. The molecule has 0 saturated heterocycles. The van der Waals surface area contributed by atoms with Gasteiger partial charge in [-0.25, -0.2) is 0 Å². The summed E-state index contributed by atoms with van der Waals surface area (Å²) in [6.07, 6.45) is 10.0. The lowest BCUT2D eigenvalue weighted by Crippen LogP contribution is -2.33. The number of aromatic nitrogens is 4. The average Bonchev–Trinajstić information content (AvgIpc) is 3.62. The lowest BCUT2D eigenvalue weighted by atomic mass is 10.0. The largest absolute Gasteiger partial charge is 0.508 e. The second-order valence-electron chi connectivity index (χ2n) is 12.3. The number of hydrogen-bond acceptors (Lipinski definition) is 9. The van der Waals surface area contributed by atoms with E-state index in [9.17, 15) is 14.7 Å². The Morgan fingerprint density at radius 1 is 0.784 bits per heavy atom. The molecule has 0 bridgehead atoms. The van der Waals surface area contributed by atoms with Gasteiger partial charge in [-0.15, -0.1) is 5.10 Å². The van der Waals surface area contributed by atoms with Crippen LogP contribution in [0.2, 0.25) is 0 Å². The van der Waals surface area contributed by atoms with E-state index in [0.717, 1.165) is 54.3 Å². The standard InChI is InChI=1S/C39H45N7O4S/c1-2-3-4-5-6-7-8-12-15-36(50-35-26-18-30(19-27-35)28-29-16-24-34(47)25-17-29)37(48)40-31-20-22-32(23-21-31)41-43-39(49)51-38-42-44-45-46(38)33-13-10-9-11-14-33/h9-11,13-14,16-27,36,41,47H,2-8,12,15,28H2,1H3,(H,40,48)(H,43,49). The number of nitrogens with one attached hydrogen (secondary N) is 3. The summed E-state index contributed by atoms with van der Waals surface area (Å²) in [4.78, 5) is 26.1. The highest BCUT2D eigenvalue weighted by molar-refractivity contribution is 8.13. The normalized spacial score (nSPS) is 11.5. The molecule has 266 valence electrons. The van der Waals surface area contributed by atoms with Gasteiger partial charge in [0.15, 0.2) is 6.10 Å². The van der Waals surface area contributed by atoms with Crippen molar-refractivity contribution in [1.29, 1.82) is 0 Å². The summed E-state index contributed by atoms with van der Waals surface area (Å²) in [7, 11) is 0. The highest BCUT2D eigenvalue weighted by Crippen LogP contribution is 2.22. The van der Waals surface area contributed by atoms with Gasteiger partial charge in [-0.1, -0.05) is 94.3 Å². The van der Waals surface area contributed by atoms with E-state index in [0.29, 0.717) is 28.7 Å². The van der Waals surface area contributed by atoms with Crippen molar-refractivity contribution in [2.45, 2.75) is 82.4 Å². The second kappa shape index (κ2) is 19.7. The number of amides is 2. The van der Waals surface area contributed by atoms with E-state index in [1.807, 2.05) is 66.7 Å². The maximum atomic E-state index is 13.5. The Kier molecular flexibility index (Phi) is 14.3. The van der Waals surface area contributed by atoms with Gasteiger partial charge in [0.2, 0.25) is 5.16 Å². The Bertz CT molecular complexity index is 1780. The molecule has 0 radical (unpaired) electrons. The number of rotatable bonds is 19. The molecule has 0 spiro atoms. The number of ether oxygens (including phenoxy) is 1. The number of thioether (sulfide) groups is 1. The summed E-state index contributed by atoms with van der Waals surface area (Å²) >= 11 is 0.856. The smallest absolute Gasteiger partial charge is 0.305 e. The number of phenolic OH excluding ortho intramolecular Hbond substituents is 1. The number of hydrazine groups is 1. The minimum absolute atomic E-state index is 0.215. The Morgan fingerprint density at radius 2 is 1.41 bits per heavy atom. The predicted octanol–water partition coefficient (Wildman–Crippen LogP) is 8.70. The van der Waals surface area contributed by atoms with Gasteiger partial charge in [-0.2, -0.15) is 4.68 Å². The molecule has 1 heterocycles. The van der Waals surface area contributed by atoms with Crippen LogP contribution in [0.3, 0.4) is 0 Å². The molecule has 11 nitrogen and oxygen atoms in total. The molecule has 0 aliphatic rings. The van der Waals surface area contributed by atoms with Crippen LogP contribution in [0.5, 0.6) is 11.5 Å². The van der Waals surface area contributed by atoms with E-state index in [2.05, 4.69) is 38.6 Å². The van der Waals surface area contributed by atoms with Crippen molar-refractivity contribution in [3.63, 3.8) is 0 Å². The molecule has 0 aliphatic carbocycles. The Morgan fingerprint density at radius 3 is 2.10 bits per heavy atom. The molecule has 1 atom stereocenters. The molecule has 2 amide bonds. The van der Waals surface area contributed by atoms with Gasteiger partial charge in [0.05, 0.1) is 11.4 Å². The van der Waals surface area contributed by atoms with Crippen molar-refractivity contribution in [2.75, 3.05) is 10.7 Å². The molecule has 1 aromatic heterocycles. The van der Waals surface area contributed by atoms with E-state index >= 15 is 0 Å². The van der Waals surface area contributed by atoms with Crippen molar-refractivity contribution in [3.8, 4) is 17.2 Å². The quantitative estimate of drug-likeness (QED) is 0.0376. The molecule has 4 N–H and O–H groups in total. The molecule has 4 aromatic carbocycles. The third kappa shape index (κ3) is 12.2. The topological polar surface area (TPSA) is 143 Å². The summed E-state index contributed by atoms with van der Waals surface area (Å²) in [5, 5.41) is 24.1. The van der Waals surface area contributed by atoms with Gasteiger partial charge in [-0.3, -0.25) is 20.4 Å². The molecule has 1 unspecified atom stereocenters. The molecule has 5 aromatic rings. The van der Waals surface area contributed by atoms with E-state index in [1.165, 1.54) is 36.8 Å². The van der Waals surface area contributed by atoms with E-state index in [4.69, 9.17) is 4.74 Å². The van der Waals surface area contributed by atoms with Crippen LogP contribution in [-0.4, -0.2) is 42.6 Å². The average molecular weight is 708 g/mol. The van der Waals surface area contributed by atoms with Gasteiger partial charge >= 0.3 is 5.24 Å². The molecule has 12 heteroatoms. The number of carbonyl (C=O) groups is 2. The predicted molar refractivity (Wildman–Crippen MR) is 201 cm³/mol. The van der Waals surface area contributed by atoms with Crippen molar-refractivity contribution in [3.05, 3.63) is 114 Å². The molecule has 0 fully saturated rings. The lowest BCUT2D eigenvalue weighted by molar-refractivity contribution is -0.123. The number of nitrogens with zero attached hydrogens (tertiary/aromatic N) is 4. The molecule has 0 saturated carbocycles. The maximum absolute atomic E-state index is 13.5. The van der Waals surface area contributed by atoms with Crippen LogP contribution < -0.4 is 20.9 Å². The van der Waals surface area contributed by atoms with Crippen molar-refractivity contribution in [1.82, 2.24) is 25.6 Å². The van der Waals surface area contributed by atoms with Gasteiger partial charge in [0.1, 0.15) is 11.5 Å². The van der Waals surface area contributed by atoms with Gasteiger partial charge in [0.25, 0.3) is 5.91 Å². The first kappa shape index (κ1) is 36.9. The van der Waals surface area contributed by atoms with Crippen LogP contribution in [-0.2, 0) is 11.2 Å². The minimum Gasteiger partial charge on any atom is -0.508 e. The number of aromatic hydroxyl groups is 1. The number of hydrogen-bond donors (Lipinski definition) is 4. The zero-order valence-electron chi connectivity index (χ0n) is 28.8. The fraction of sp³-hybridized carbons (Fsp3) is 0.308. The number of benzene rings is 4. The lowest BCUT2D eigenvalue weighted by Gasteiger charge is -2.19. The number of anilines is 2. The summed E-state index contributed by atoms with van der Waals surface area (Å²) in [6, 6.07) is 31.4. The Labute approximate surface area is 303 Å². The number of unbranched alkanes of at least 4 members (excludes halogenated alkanes) is 7. The van der Waals surface area contributed by atoms with Crippen molar-refractivity contribution >= 4 is 34.3 Å². The molecule has 5 rings (SSSR count). The van der Waals surface area contributed by atoms with Gasteiger partial charge in [0, 0.05) is 17.4 Å². The second-order valence-corrected chi connectivity index (χ2v) is 13.2. The van der Waals surface area contributed by atoms with Crippen LogP contribution >= 0.6 is 11.8 Å². The number of para-hydroxylation sites is 1. The number of phenols is 1. The molecule has 51 heavy (non-hydrogen) atoms. The highest BCUT2D eigenvalue weighted by atomic mass is 32.2. The number of carbonyl (C=O) groups excluding carboxylic acids is 2. The van der Waals surface area contributed by atoms with Crippen LogP contribution in [0.25, 0.3) is 5.69 Å². The molecular formula is C39H45N7O4S. The zero-order valence-corrected chi connectivity index (χ0v) is 29.6. The van der Waals surface area contributed by atoms with E-state index in [1.54, 1.807) is 36.4 Å². The monoisotopic (exact) mass is 707 g/mol. The van der Waals surface area contributed by atoms with Crippen LogP contribution in [0.1, 0.15) is 75.8 Å². The third-order valence-corrected chi connectivity index (χ3v) is 8.97. The van der Waals surface area contributed by atoms with E-state index in [-0.39, 0.29) is 11.7 Å². The van der Waals surface area contributed by atoms with Gasteiger partial charge in [-0.05, 0) is 101 Å². The minimum atomic E-state index is -0.658. The molecule has 0 aliphatic heterocycles. The Hall–Kier alpha value is -5.36. The zero-order chi connectivity index (χ0) is 35.7. The summed E-state index contributed by atoms with van der Waals surface area (Å²) in [5.74, 6) is 0.665. The van der Waals surface area contributed by atoms with Gasteiger partial charge < -0.3 is 15.2 Å². The third-order valence-electron chi connectivity index (χ3n) is 8.25. The van der Waals surface area contributed by atoms with Crippen LogP contribution in [0.15, 0.2) is 108 Å². The maximum Gasteiger partial charge on any atom is 0.305 e. The Balaban J connectivity index is 1.13. The van der Waals surface area contributed by atoms with Crippen LogP contribution in [0.4, 0.5) is 16.2 Å². The van der Waals surface area contributed by atoms with Crippen molar-refractivity contribution < 1.29 is 19.4 Å². The summed E-state index contributed by atoms with van der Waals surface area (Å²) in [5.41, 5.74) is 9.71. The fourth-order valence-electron chi connectivity index (χ4n) is 5.47. The molecular weight excluding hydrogens is 663 g/mol. The first-order valence-electron chi connectivity index (χ1n) is 17.5. The first-order valence-corrected chi connectivity index (χ1v) is 18.3. The highest BCUT2D eigenvalue weighted by Gasteiger charge is 2.21. The fourth-order valence-corrected chi connectivity index (χ4v) is 6.05. The van der Waals surface area contributed by atoms with E-state index < -0.39 is 11.3 Å². The SMILES string of the molecule is CCCCCCCCCCC(Oc1ccc(Cc2ccc(O)cc2)cc1)C(=O)Nc1ccc(NNC(=O)Sc2nnnn2-c2ccccc2)cc1.